The average molecular weight is 315 g/mol. The number of benzene rings is 2. The van der Waals surface area contributed by atoms with Crippen LogP contribution < -0.4 is 4.90 Å². The van der Waals surface area contributed by atoms with Gasteiger partial charge >= 0.3 is 0 Å². The lowest BCUT2D eigenvalue weighted by Crippen LogP contribution is -2.38. The van der Waals surface area contributed by atoms with E-state index in [4.69, 9.17) is 15.4 Å². The molecule has 4 rings (SSSR count). The van der Waals surface area contributed by atoms with Crippen LogP contribution in [0.15, 0.2) is 40.8 Å². The second-order valence-corrected chi connectivity index (χ2v) is 6.88. The minimum Gasteiger partial charge on any atom is -0.454 e. The fourth-order valence-electron chi connectivity index (χ4n) is 3.63. The topological polar surface area (TPSA) is 16.4 Å². The summed E-state index contributed by atoms with van der Waals surface area (Å²) in [5.41, 5.74) is -1.58. The van der Waals surface area contributed by atoms with Gasteiger partial charge < -0.3 is 9.32 Å². The van der Waals surface area contributed by atoms with Crippen LogP contribution in [0.3, 0.4) is 0 Å². The predicted molar refractivity (Wildman–Crippen MR) is 98.3 cm³/mol. The van der Waals surface area contributed by atoms with E-state index >= 15 is 0 Å². The molecule has 0 aliphatic carbocycles. The molecule has 0 amide bonds. The summed E-state index contributed by atoms with van der Waals surface area (Å²) < 4.78 is 72.5. The largest absolute Gasteiger partial charge is 0.454 e. The van der Waals surface area contributed by atoms with E-state index < -0.39 is 37.6 Å². The second kappa shape index (κ2) is 4.53. The van der Waals surface area contributed by atoms with Crippen LogP contribution in [0.1, 0.15) is 50.5 Å². The third-order valence-electron chi connectivity index (χ3n) is 4.58. The molecule has 1 saturated heterocycles. The molecule has 3 aromatic rings. The van der Waals surface area contributed by atoms with Crippen molar-refractivity contribution in [1.82, 2.24) is 0 Å². The molecule has 1 aliphatic rings. The molecule has 120 valence electrons. The van der Waals surface area contributed by atoms with Crippen LogP contribution in [0.2, 0.25) is 0 Å². The van der Waals surface area contributed by atoms with E-state index in [1.807, 2.05) is 43.3 Å². The minimum absolute atomic E-state index is 0.489. The van der Waals surface area contributed by atoms with Gasteiger partial charge in [0, 0.05) is 33.8 Å². The molecule has 0 spiro atoms. The van der Waals surface area contributed by atoms with Crippen LogP contribution in [0.5, 0.6) is 0 Å². The van der Waals surface area contributed by atoms with E-state index in [-0.39, 0.29) is 0 Å². The molecule has 1 aliphatic heterocycles. The Hall–Kier alpha value is -1.96. The molecule has 0 atom stereocenters. The number of aryl methyl sites for hydroxylation is 1. The number of fused-ring (bicyclic) bond motifs is 3. The molecule has 0 bridgehead atoms. The van der Waals surface area contributed by atoms with E-state index in [2.05, 4.69) is 0 Å². The quantitative estimate of drug-likeness (QED) is 0.555. The normalized spacial score (nSPS) is 28.2. The van der Waals surface area contributed by atoms with Crippen molar-refractivity contribution in [2.45, 2.75) is 46.4 Å². The molecule has 0 unspecified atom stereocenters. The zero-order chi connectivity index (χ0) is 23.2. The smallest absolute Gasteiger partial charge is 0.158 e. The summed E-state index contributed by atoms with van der Waals surface area (Å²) in [5.74, 6) is 0. The predicted octanol–water partition coefficient (Wildman–Crippen LogP) is 5.91. The highest BCUT2D eigenvalue weighted by molar-refractivity contribution is 6.09. The van der Waals surface area contributed by atoms with Gasteiger partial charge in [0.1, 0.15) is 5.58 Å². The third kappa shape index (κ3) is 2.15. The van der Waals surface area contributed by atoms with Crippen LogP contribution in [-0.4, -0.2) is 12.1 Å². The molecule has 1 fully saturated rings. The van der Waals surface area contributed by atoms with Gasteiger partial charge in [-0.25, -0.2) is 0 Å². The Morgan fingerprint density at radius 3 is 2.65 bits per heavy atom. The van der Waals surface area contributed by atoms with Crippen molar-refractivity contribution in [3.8, 4) is 0 Å². The van der Waals surface area contributed by atoms with Gasteiger partial charge in [-0.15, -0.1) is 0 Å². The zero-order valence-electron chi connectivity index (χ0n) is 21.5. The molecule has 0 N–H and O–H groups in total. The Morgan fingerprint density at radius 1 is 1.13 bits per heavy atom. The van der Waals surface area contributed by atoms with Crippen molar-refractivity contribution in [3.05, 3.63) is 42.0 Å². The Labute approximate surface area is 149 Å². The van der Waals surface area contributed by atoms with Crippen LogP contribution in [0, 0.1) is 12.3 Å². The van der Waals surface area contributed by atoms with E-state index in [0.29, 0.717) is 16.9 Å². The lowest BCUT2D eigenvalue weighted by Gasteiger charge is -2.34. The molecule has 1 aromatic heterocycles. The van der Waals surface area contributed by atoms with E-state index in [0.717, 1.165) is 16.3 Å². The number of hydrogen-bond donors (Lipinski definition) is 0. The first-order valence-electron chi connectivity index (χ1n) is 11.8. The van der Waals surface area contributed by atoms with Crippen molar-refractivity contribution in [1.29, 1.82) is 0 Å². The first-order chi connectivity index (χ1) is 14.1. The van der Waals surface area contributed by atoms with Crippen molar-refractivity contribution in [2.24, 2.45) is 5.41 Å². The van der Waals surface area contributed by atoms with Gasteiger partial charge in [0.15, 0.2) is 5.58 Å². The lowest BCUT2D eigenvalue weighted by molar-refractivity contribution is 0.371. The molecule has 23 heavy (non-hydrogen) atoms. The second-order valence-electron chi connectivity index (χ2n) is 6.88. The van der Waals surface area contributed by atoms with Gasteiger partial charge in [-0.05, 0) is 44.2 Å². The molecule has 2 aromatic carbocycles. The maximum Gasteiger partial charge on any atom is 0.158 e. The van der Waals surface area contributed by atoms with Gasteiger partial charge in [0.2, 0.25) is 0 Å². The van der Waals surface area contributed by atoms with Crippen molar-refractivity contribution in [3.63, 3.8) is 0 Å². The molecule has 0 saturated carbocycles. The molecule has 2 heterocycles. The Balaban J connectivity index is 2.06. The van der Waals surface area contributed by atoms with Gasteiger partial charge in [-0.3, -0.25) is 0 Å². The third-order valence-corrected chi connectivity index (χ3v) is 4.58. The highest BCUT2D eigenvalue weighted by atomic mass is 16.3. The number of rotatable bonds is 1. The molecule has 2 heteroatoms. The summed E-state index contributed by atoms with van der Waals surface area (Å²) in [5, 5.41) is 1.70. The number of furan rings is 1. The van der Waals surface area contributed by atoms with Gasteiger partial charge in [0.25, 0.3) is 0 Å². The zero-order valence-corrected chi connectivity index (χ0v) is 13.5. The van der Waals surface area contributed by atoms with Gasteiger partial charge in [-0.1, -0.05) is 44.0 Å². The first kappa shape index (κ1) is 8.23. The van der Waals surface area contributed by atoms with Crippen LogP contribution >= 0.6 is 0 Å². The molecule has 0 radical (unpaired) electrons. The summed E-state index contributed by atoms with van der Waals surface area (Å²) in [7, 11) is 0. The summed E-state index contributed by atoms with van der Waals surface area (Å²) in [6, 6.07) is 11.3. The number of nitrogens with zero attached hydrogens (tertiary/aromatic N) is 1. The summed E-state index contributed by atoms with van der Waals surface area (Å²) in [6.07, 6.45) is -2.56. The molecular formula is C21H25NO. The Bertz CT molecular complexity index is 1160. The van der Waals surface area contributed by atoms with Gasteiger partial charge in [0.05, 0.1) is 5.69 Å². The molecular weight excluding hydrogens is 282 g/mol. The first-order valence-corrected chi connectivity index (χ1v) is 7.76. The van der Waals surface area contributed by atoms with E-state index in [9.17, 15) is 0 Å². The van der Waals surface area contributed by atoms with E-state index in [1.165, 1.54) is 0 Å². The van der Waals surface area contributed by atoms with Crippen molar-refractivity contribution in [2.75, 3.05) is 11.4 Å². The number of para-hydroxylation sites is 1. The number of anilines is 1. The average Bonchev–Trinajstić information content (AvgIpc) is 3.06. The highest BCUT2D eigenvalue weighted by Crippen LogP contribution is 2.47. The molecule has 2 nitrogen and oxygen atoms in total. The fourth-order valence-corrected chi connectivity index (χ4v) is 3.63. The summed E-state index contributed by atoms with van der Waals surface area (Å²) in [6.45, 7) is -1.64. The van der Waals surface area contributed by atoms with Crippen molar-refractivity contribution < 1.29 is 15.4 Å². The standard InChI is InChI=1S/C21H25NO/c1-14-10-11-16-15-8-6-7-9-17(15)23-19(16)18(14)22-13-20(2,3)12-21(22,4)5/h6-11H,12-13H2,1-5H3/i2D3,3D3,12D2. The fraction of sp³-hybridized carbons (Fsp3) is 0.429. The van der Waals surface area contributed by atoms with Gasteiger partial charge in [-0.2, -0.15) is 0 Å². The minimum atomic E-state index is -3.05. The van der Waals surface area contributed by atoms with Crippen LogP contribution in [-0.2, 0) is 0 Å². The lowest BCUT2D eigenvalue weighted by atomic mass is 9.86. The van der Waals surface area contributed by atoms with Crippen LogP contribution in [0.4, 0.5) is 5.69 Å². The Morgan fingerprint density at radius 2 is 1.91 bits per heavy atom. The monoisotopic (exact) mass is 315 g/mol. The van der Waals surface area contributed by atoms with Crippen molar-refractivity contribution >= 4 is 27.6 Å². The SMILES string of the molecule is [2H]C([2H])([2H])C1(C([2H])([2H])[2H])CN(c2c(C)ccc3c2oc2ccccc23)C(C)(C)C1([2H])[2H]. The van der Waals surface area contributed by atoms with E-state index in [1.54, 1.807) is 18.7 Å². The summed E-state index contributed by atoms with van der Waals surface area (Å²) >= 11 is 0. The highest BCUT2D eigenvalue weighted by Gasteiger charge is 2.44. The Kier molecular flexibility index (Phi) is 1.62. The summed E-state index contributed by atoms with van der Waals surface area (Å²) in [4.78, 5) is 1.59. The maximum absolute atomic E-state index is 8.85. The number of hydrogen-bond acceptors (Lipinski definition) is 2. The maximum atomic E-state index is 8.85. The van der Waals surface area contributed by atoms with Crippen LogP contribution in [0.25, 0.3) is 21.9 Å².